The first-order chi connectivity index (χ1) is 6.88. The molecular formula is C12H16N2. The Bertz CT molecular complexity index is 316. The molecule has 74 valence electrons. The van der Waals surface area contributed by atoms with Crippen LogP contribution in [0.4, 0.5) is 0 Å². The van der Waals surface area contributed by atoms with Crippen LogP contribution in [-0.4, -0.2) is 19.0 Å². The quantitative estimate of drug-likeness (QED) is 0.545. The lowest BCUT2D eigenvalue weighted by atomic mass is 10.0. The molecule has 2 heteroatoms. The van der Waals surface area contributed by atoms with Crippen LogP contribution in [0.5, 0.6) is 0 Å². The van der Waals surface area contributed by atoms with E-state index in [-0.39, 0.29) is 0 Å². The van der Waals surface area contributed by atoms with Crippen LogP contribution in [0, 0.1) is 5.41 Å². The van der Waals surface area contributed by atoms with E-state index in [1.54, 1.807) is 0 Å². The maximum atomic E-state index is 7.25. The van der Waals surface area contributed by atoms with Gasteiger partial charge in [-0.1, -0.05) is 24.3 Å². The summed E-state index contributed by atoms with van der Waals surface area (Å²) in [6.45, 7) is 2.81. The predicted molar refractivity (Wildman–Crippen MR) is 61.7 cm³/mol. The van der Waals surface area contributed by atoms with Gasteiger partial charge < -0.3 is 5.41 Å². The summed E-state index contributed by atoms with van der Waals surface area (Å²) < 4.78 is 0. The summed E-state index contributed by atoms with van der Waals surface area (Å²) in [7, 11) is 0. The van der Waals surface area contributed by atoms with Crippen molar-refractivity contribution in [3.63, 3.8) is 0 Å². The van der Waals surface area contributed by atoms with Gasteiger partial charge in [-0.25, -0.2) is 0 Å². The number of rotatable bonds is 5. The van der Waals surface area contributed by atoms with Gasteiger partial charge in [-0.05, 0) is 37.1 Å². The first kappa shape index (κ1) is 10.6. The zero-order chi connectivity index (χ0) is 10.2. The number of aliphatic imine (C=N–C) groups is 1. The van der Waals surface area contributed by atoms with Crippen molar-refractivity contribution in [1.29, 1.82) is 5.41 Å². The number of hydrogen-bond acceptors (Lipinski definition) is 2. The summed E-state index contributed by atoms with van der Waals surface area (Å²) in [5.41, 5.74) is 2.27. The van der Waals surface area contributed by atoms with Crippen LogP contribution in [0.15, 0.2) is 29.3 Å². The van der Waals surface area contributed by atoms with E-state index in [0.29, 0.717) is 0 Å². The highest BCUT2D eigenvalue weighted by Crippen LogP contribution is 2.08. The van der Waals surface area contributed by atoms with Crippen LogP contribution in [0.1, 0.15) is 24.5 Å². The maximum absolute atomic E-state index is 7.25. The minimum atomic E-state index is 0.878. The summed E-state index contributed by atoms with van der Waals surface area (Å²) in [6, 6.07) is 8.04. The minimum Gasteiger partial charge on any atom is -0.308 e. The molecule has 1 aromatic carbocycles. The van der Waals surface area contributed by atoms with E-state index >= 15 is 0 Å². The van der Waals surface area contributed by atoms with Crippen LogP contribution in [0.3, 0.4) is 0 Å². The molecule has 1 aromatic rings. The second-order valence-electron chi connectivity index (χ2n) is 3.11. The Balaban J connectivity index is 2.53. The number of aryl methyl sites for hydroxylation is 1. The molecule has 0 heterocycles. The molecule has 0 bridgehead atoms. The van der Waals surface area contributed by atoms with Crippen molar-refractivity contribution in [2.45, 2.75) is 19.8 Å². The van der Waals surface area contributed by atoms with Crippen LogP contribution < -0.4 is 0 Å². The van der Waals surface area contributed by atoms with Gasteiger partial charge in [0.1, 0.15) is 0 Å². The third-order valence-corrected chi connectivity index (χ3v) is 2.13. The zero-order valence-corrected chi connectivity index (χ0v) is 8.53. The Morgan fingerprint density at radius 3 is 2.86 bits per heavy atom. The highest BCUT2D eigenvalue weighted by Gasteiger charge is 1.97. The summed E-state index contributed by atoms with van der Waals surface area (Å²) in [5.74, 6) is 0. The fourth-order valence-electron chi connectivity index (χ4n) is 1.39. The Morgan fingerprint density at radius 1 is 1.36 bits per heavy atom. The predicted octanol–water partition coefficient (Wildman–Crippen LogP) is 2.71. The number of hydrogen-bond donors (Lipinski definition) is 1. The fraction of sp³-hybridized carbons (Fsp3) is 0.333. The largest absolute Gasteiger partial charge is 0.308 e. The van der Waals surface area contributed by atoms with Crippen molar-refractivity contribution in [3.8, 4) is 0 Å². The Labute approximate surface area is 85.2 Å². The maximum Gasteiger partial charge on any atom is 0.0388 e. The van der Waals surface area contributed by atoms with Gasteiger partial charge in [0.25, 0.3) is 0 Å². The van der Waals surface area contributed by atoms with Crippen molar-refractivity contribution in [3.05, 3.63) is 35.4 Å². The highest BCUT2D eigenvalue weighted by molar-refractivity contribution is 5.79. The van der Waals surface area contributed by atoms with Gasteiger partial charge in [-0.15, -0.1) is 0 Å². The minimum absolute atomic E-state index is 0.878. The van der Waals surface area contributed by atoms with Gasteiger partial charge in [0, 0.05) is 12.8 Å². The molecule has 0 amide bonds. The normalized spacial score (nSPS) is 10.6. The molecular weight excluding hydrogens is 172 g/mol. The fourth-order valence-corrected chi connectivity index (χ4v) is 1.39. The summed E-state index contributed by atoms with van der Waals surface area (Å²) >= 11 is 0. The van der Waals surface area contributed by atoms with Gasteiger partial charge in [0.05, 0.1) is 0 Å². The second kappa shape index (κ2) is 6.08. The molecule has 2 nitrogen and oxygen atoms in total. The van der Waals surface area contributed by atoms with E-state index in [1.807, 2.05) is 31.3 Å². The number of nitrogens with one attached hydrogen (secondary N) is 1. The molecule has 1 N–H and O–H groups in total. The van der Waals surface area contributed by atoms with Crippen molar-refractivity contribution < 1.29 is 0 Å². The molecule has 0 spiro atoms. The van der Waals surface area contributed by atoms with Crippen molar-refractivity contribution in [1.82, 2.24) is 0 Å². The molecule has 0 aromatic heterocycles. The van der Waals surface area contributed by atoms with E-state index in [0.717, 1.165) is 24.9 Å². The summed E-state index contributed by atoms with van der Waals surface area (Å²) in [5, 5.41) is 7.25. The lowest BCUT2D eigenvalue weighted by Gasteiger charge is -2.03. The monoisotopic (exact) mass is 188 g/mol. The lowest BCUT2D eigenvalue weighted by Crippen LogP contribution is -1.94. The third kappa shape index (κ3) is 3.13. The molecule has 0 saturated carbocycles. The molecule has 0 aliphatic heterocycles. The van der Waals surface area contributed by atoms with Crippen LogP contribution in [0.25, 0.3) is 0 Å². The molecule has 0 unspecified atom stereocenters. The zero-order valence-electron chi connectivity index (χ0n) is 8.53. The van der Waals surface area contributed by atoms with E-state index < -0.39 is 0 Å². The Kier molecular flexibility index (Phi) is 4.62. The Morgan fingerprint density at radius 2 is 2.14 bits per heavy atom. The van der Waals surface area contributed by atoms with Gasteiger partial charge in [0.2, 0.25) is 0 Å². The van der Waals surface area contributed by atoms with Gasteiger partial charge >= 0.3 is 0 Å². The summed E-state index contributed by atoms with van der Waals surface area (Å²) in [4.78, 5) is 4.16. The van der Waals surface area contributed by atoms with E-state index in [4.69, 9.17) is 5.41 Å². The smallest absolute Gasteiger partial charge is 0.0388 e. The Hall–Kier alpha value is -1.44. The molecule has 0 aliphatic carbocycles. The average Bonchev–Trinajstić information content (AvgIpc) is 2.25. The van der Waals surface area contributed by atoms with E-state index in [9.17, 15) is 0 Å². The first-order valence-corrected chi connectivity index (χ1v) is 4.91. The average molecular weight is 188 g/mol. The van der Waals surface area contributed by atoms with Gasteiger partial charge in [-0.3, -0.25) is 4.99 Å². The molecule has 0 saturated heterocycles. The van der Waals surface area contributed by atoms with Crippen molar-refractivity contribution in [2.24, 2.45) is 4.99 Å². The standard InChI is InChI=1S/C12H16N2/c1-2-14-9-5-8-11-6-3-4-7-12(11)10-13/h2-4,6-7,10,13H,5,8-9H2,1H3. The van der Waals surface area contributed by atoms with Crippen molar-refractivity contribution >= 4 is 12.4 Å². The van der Waals surface area contributed by atoms with Crippen molar-refractivity contribution in [2.75, 3.05) is 6.54 Å². The van der Waals surface area contributed by atoms with Crippen LogP contribution in [-0.2, 0) is 6.42 Å². The van der Waals surface area contributed by atoms with Gasteiger partial charge in [-0.2, -0.15) is 0 Å². The number of benzene rings is 1. The molecule has 1 rings (SSSR count). The van der Waals surface area contributed by atoms with E-state index in [2.05, 4.69) is 11.1 Å². The molecule has 14 heavy (non-hydrogen) atoms. The van der Waals surface area contributed by atoms with Crippen LogP contribution in [0.2, 0.25) is 0 Å². The topological polar surface area (TPSA) is 36.2 Å². The van der Waals surface area contributed by atoms with E-state index in [1.165, 1.54) is 11.8 Å². The molecule has 0 radical (unpaired) electrons. The lowest BCUT2D eigenvalue weighted by molar-refractivity contribution is 0.834. The highest BCUT2D eigenvalue weighted by atomic mass is 14.7. The SMILES string of the molecule is CC=NCCCc1ccccc1C=N. The molecule has 0 atom stereocenters. The first-order valence-electron chi connectivity index (χ1n) is 4.91. The van der Waals surface area contributed by atoms with Crippen LogP contribution >= 0.6 is 0 Å². The molecule has 0 fully saturated rings. The molecule has 0 aliphatic rings. The van der Waals surface area contributed by atoms with Gasteiger partial charge in [0.15, 0.2) is 0 Å². The summed E-state index contributed by atoms with van der Waals surface area (Å²) in [6.07, 6.45) is 5.30. The second-order valence-corrected chi connectivity index (χ2v) is 3.11. The number of nitrogens with zero attached hydrogens (tertiary/aromatic N) is 1. The third-order valence-electron chi connectivity index (χ3n) is 2.13.